The number of halogens is 2. The van der Waals surface area contributed by atoms with Crippen LogP contribution in [-0.4, -0.2) is 11.5 Å². The van der Waals surface area contributed by atoms with Crippen LogP contribution in [0.2, 0.25) is 0 Å². The van der Waals surface area contributed by atoms with E-state index in [1.165, 1.54) is 18.2 Å². The third-order valence-electron chi connectivity index (χ3n) is 2.96. The highest BCUT2D eigenvalue weighted by Crippen LogP contribution is 2.28. The predicted molar refractivity (Wildman–Crippen MR) is 81.4 cm³/mol. The maximum absolute atomic E-state index is 14.2. The Morgan fingerprint density at radius 1 is 1.20 bits per heavy atom. The summed E-state index contributed by atoms with van der Waals surface area (Å²) in [7, 11) is 0. The summed E-state index contributed by atoms with van der Waals surface area (Å²) in [6, 6.07) is 10.6. The second kappa shape index (κ2) is 5.96. The number of hydrogen-bond donors (Lipinski definition) is 1. The Kier molecular flexibility index (Phi) is 4.29. The first-order chi connectivity index (χ1) is 9.52. The molecule has 0 spiro atoms. The van der Waals surface area contributed by atoms with Crippen molar-refractivity contribution in [3.63, 3.8) is 0 Å². The van der Waals surface area contributed by atoms with E-state index in [1.54, 1.807) is 29.2 Å². The highest BCUT2D eigenvalue weighted by molar-refractivity contribution is 7.80. The van der Waals surface area contributed by atoms with Gasteiger partial charge in [-0.1, -0.05) is 18.3 Å². The summed E-state index contributed by atoms with van der Waals surface area (Å²) < 4.78 is 27.5. The molecule has 0 fully saturated rings. The fourth-order valence-electron chi connectivity index (χ4n) is 2.02. The van der Waals surface area contributed by atoms with Crippen LogP contribution in [0.5, 0.6) is 0 Å². The second-order valence-electron chi connectivity index (χ2n) is 4.25. The first kappa shape index (κ1) is 14.4. The predicted octanol–water partition coefficient (Wildman–Crippen LogP) is 3.76. The molecule has 0 bridgehead atoms. The van der Waals surface area contributed by atoms with Crippen molar-refractivity contribution in [2.75, 3.05) is 11.4 Å². The molecule has 2 N–H and O–H groups in total. The van der Waals surface area contributed by atoms with Crippen LogP contribution < -0.4 is 10.6 Å². The Morgan fingerprint density at radius 3 is 2.50 bits per heavy atom. The molecule has 0 aliphatic heterocycles. The third-order valence-corrected chi connectivity index (χ3v) is 3.19. The molecule has 2 aromatic rings. The lowest BCUT2D eigenvalue weighted by molar-refractivity contribution is 0.621. The molecule has 20 heavy (non-hydrogen) atoms. The summed E-state index contributed by atoms with van der Waals surface area (Å²) in [5.74, 6) is -0.803. The van der Waals surface area contributed by atoms with Crippen molar-refractivity contribution in [3.05, 3.63) is 59.7 Å². The van der Waals surface area contributed by atoms with Crippen molar-refractivity contribution < 1.29 is 8.78 Å². The normalized spacial score (nSPS) is 10.3. The molecule has 0 saturated heterocycles. The Balaban J connectivity index is 2.44. The van der Waals surface area contributed by atoms with Gasteiger partial charge in [0.2, 0.25) is 0 Å². The molecule has 0 amide bonds. The summed E-state index contributed by atoms with van der Waals surface area (Å²) >= 11 is 4.82. The van der Waals surface area contributed by atoms with E-state index in [-0.39, 0.29) is 10.8 Å². The molecule has 0 saturated carbocycles. The lowest BCUT2D eigenvalue weighted by Gasteiger charge is -2.24. The highest BCUT2D eigenvalue weighted by atomic mass is 32.1. The standard InChI is InChI=1S/C15H14F2N2S/c1-2-19(12-5-3-4-11(16)9-12)14-7-6-10(15(18)20)8-13(14)17/h3-9H,2H2,1H3,(H2,18,20). The number of thiocarbonyl (C=S) groups is 1. The van der Waals surface area contributed by atoms with Crippen LogP contribution in [0.3, 0.4) is 0 Å². The lowest BCUT2D eigenvalue weighted by Crippen LogP contribution is -2.18. The van der Waals surface area contributed by atoms with Crippen LogP contribution in [0, 0.1) is 11.6 Å². The number of rotatable bonds is 4. The maximum atomic E-state index is 14.2. The Morgan fingerprint density at radius 2 is 1.95 bits per heavy atom. The fraction of sp³-hybridized carbons (Fsp3) is 0.133. The SMILES string of the molecule is CCN(c1cccc(F)c1)c1ccc(C(N)=S)cc1F. The van der Waals surface area contributed by atoms with Crippen molar-refractivity contribution in [1.29, 1.82) is 0 Å². The fourth-order valence-corrected chi connectivity index (χ4v) is 2.14. The molecule has 0 unspecified atom stereocenters. The van der Waals surface area contributed by atoms with Crippen molar-refractivity contribution >= 4 is 28.6 Å². The largest absolute Gasteiger partial charge is 0.389 e. The van der Waals surface area contributed by atoms with E-state index in [2.05, 4.69) is 0 Å². The van der Waals surface area contributed by atoms with E-state index < -0.39 is 5.82 Å². The van der Waals surface area contributed by atoms with Gasteiger partial charge in [-0.2, -0.15) is 0 Å². The molecule has 0 atom stereocenters. The summed E-state index contributed by atoms with van der Waals surface area (Å²) in [4.78, 5) is 1.83. The highest BCUT2D eigenvalue weighted by Gasteiger charge is 2.13. The van der Waals surface area contributed by atoms with Gasteiger partial charge in [0.05, 0.1) is 5.69 Å². The molecule has 0 radical (unpaired) electrons. The molecule has 2 nitrogen and oxygen atoms in total. The molecule has 2 aromatic carbocycles. The minimum absolute atomic E-state index is 0.143. The topological polar surface area (TPSA) is 29.3 Å². The quantitative estimate of drug-likeness (QED) is 0.870. The van der Waals surface area contributed by atoms with Gasteiger partial charge in [-0.05, 0) is 43.3 Å². The zero-order chi connectivity index (χ0) is 14.7. The van der Waals surface area contributed by atoms with E-state index in [9.17, 15) is 8.78 Å². The van der Waals surface area contributed by atoms with E-state index in [0.29, 0.717) is 23.5 Å². The molecule has 5 heteroatoms. The summed E-state index contributed by atoms with van der Waals surface area (Å²) in [6.07, 6.45) is 0. The molecule has 0 aliphatic carbocycles. The first-order valence-electron chi connectivity index (χ1n) is 6.15. The molecule has 0 aromatic heterocycles. The van der Waals surface area contributed by atoms with Crippen LogP contribution in [0.1, 0.15) is 12.5 Å². The van der Waals surface area contributed by atoms with Gasteiger partial charge in [0.1, 0.15) is 16.6 Å². The zero-order valence-electron chi connectivity index (χ0n) is 10.9. The van der Waals surface area contributed by atoms with Crippen LogP contribution >= 0.6 is 12.2 Å². The maximum Gasteiger partial charge on any atom is 0.147 e. The monoisotopic (exact) mass is 292 g/mol. The van der Waals surface area contributed by atoms with Gasteiger partial charge in [0, 0.05) is 17.8 Å². The number of nitrogens with two attached hydrogens (primary N) is 1. The van der Waals surface area contributed by atoms with Crippen LogP contribution in [0.4, 0.5) is 20.2 Å². The molecular formula is C15H14F2N2S. The number of hydrogen-bond acceptors (Lipinski definition) is 2. The summed E-state index contributed by atoms with van der Waals surface area (Å²) in [6.45, 7) is 2.37. The van der Waals surface area contributed by atoms with Crippen LogP contribution in [0.15, 0.2) is 42.5 Å². The average Bonchev–Trinajstić information content (AvgIpc) is 2.41. The summed E-state index contributed by atoms with van der Waals surface area (Å²) in [5, 5.41) is 0. The Hall–Kier alpha value is -2.01. The van der Waals surface area contributed by atoms with Crippen LogP contribution in [-0.2, 0) is 0 Å². The van der Waals surface area contributed by atoms with Gasteiger partial charge in [0.15, 0.2) is 0 Å². The van der Waals surface area contributed by atoms with E-state index in [0.717, 1.165) is 0 Å². The number of anilines is 2. The average molecular weight is 292 g/mol. The van der Waals surface area contributed by atoms with E-state index in [4.69, 9.17) is 18.0 Å². The van der Waals surface area contributed by atoms with E-state index >= 15 is 0 Å². The molecule has 104 valence electrons. The van der Waals surface area contributed by atoms with Crippen molar-refractivity contribution in [2.45, 2.75) is 6.92 Å². The molecular weight excluding hydrogens is 278 g/mol. The molecule has 0 aliphatic rings. The Labute approximate surface area is 121 Å². The van der Waals surface area contributed by atoms with Crippen molar-refractivity contribution in [2.24, 2.45) is 5.73 Å². The van der Waals surface area contributed by atoms with Crippen molar-refractivity contribution in [3.8, 4) is 0 Å². The van der Waals surface area contributed by atoms with Gasteiger partial charge < -0.3 is 10.6 Å². The van der Waals surface area contributed by atoms with Crippen LogP contribution in [0.25, 0.3) is 0 Å². The van der Waals surface area contributed by atoms with Gasteiger partial charge in [-0.15, -0.1) is 0 Å². The molecule has 0 heterocycles. The van der Waals surface area contributed by atoms with Gasteiger partial charge >= 0.3 is 0 Å². The number of nitrogens with zero attached hydrogens (tertiary/aromatic N) is 1. The first-order valence-corrected chi connectivity index (χ1v) is 6.56. The zero-order valence-corrected chi connectivity index (χ0v) is 11.8. The summed E-state index contributed by atoms with van der Waals surface area (Å²) in [5.41, 5.74) is 6.89. The van der Waals surface area contributed by atoms with Gasteiger partial charge in [-0.3, -0.25) is 0 Å². The minimum atomic E-state index is -0.443. The second-order valence-corrected chi connectivity index (χ2v) is 4.69. The van der Waals surface area contributed by atoms with Crippen molar-refractivity contribution in [1.82, 2.24) is 0 Å². The Bertz CT molecular complexity index is 644. The smallest absolute Gasteiger partial charge is 0.147 e. The van der Waals surface area contributed by atoms with Gasteiger partial charge in [-0.25, -0.2) is 8.78 Å². The number of benzene rings is 2. The van der Waals surface area contributed by atoms with Gasteiger partial charge in [0.25, 0.3) is 0 Å². The molecule has 2 rings (SSSR count). The lowest BCUT2D eigenvalue weighted by atomic mass is 10.1. The van der Waals surface area contributed by atoms with E-state index in [1.807, 2.05) is 6.92 Å². The third kappa shape index (κ3) is 2.93. The minimum Gasteiger partial charge on any atom is -0.389 e.